The van der Waals surface area contributed by atoms with Gasteiger partial charge in [-0.1, -0.05) is 0 Å². The summed E-state index contributed by atoms with van der Waals surface area (Å²) in [6.45, 7) is 7.03. The molecule has 0 fully saturated rings. The second-order valence-corrected chi connectivity index (χ2v) is 4.32. The van der Waals surface area contributed by atoms with E-state index in [0.717, 1.165) is 18.1 Å². The number of nitrogens with one attached hydrogen (secondary N) is 2. The second-order valence-electron chi connectivity index (χ2n) is 4.32. The van der Waals surface area contributed by atoms with Gasteiger partial charge >= 0.3 is 0 Å². The minimum atomic E-state index is 0.0270. The third-order valence-corrected chi connectivity index (χ3v) is 1.58. The van der Waals surface area contributed by atoms with Crippen LogP contribution in [-0.2, 0) is 6.54 Å². The highest BCUT2D eigenvalue weighted by atomic mass is 15.2. The summed E-state index contributed by atoms with van der Waals surface area (Å²) >= 11 is 0. The van der Waals surface area contributed by atoms with Crippen LogP contribution in [-0.4, -0.2) is 22.8 Å². The predicted octanol–water partition coefficient (Wildman–Crippen LogP) is 1.41. The molecule has 0 bridgehead atoms. The zero-order valence-electron chi connectivity index (χ0n) is 9.26. The molecular formula is C10H18N4. The molecule has 4 heteroatoms. The van der Waals surface area contributed by atoms with E-state index in [4.69, 9.17) is 0 Å². The van der Waals surface area contributed by atoms with Crippen LogP contribution in [0.1, 0.15) is 26.5 Å². The van der Waals surface area contributed by atoms with Crippen LogP contribution in [0.3, 0.4) is 0 Å². The van der Waals surface area contributed by atoms with Crippen LogP contribution < -0.4 is 10.6 Å². The SMILES string of the molecule is CNCc1ccc(NC(C)(C)C)nn1. The van der Waals surface area contributed by atoms with Crippen molar-refractivity contribution in [2.45, 2.75) is 32.9 Å². The highest BCUT2D eigenvalue weighted by Crippen LogP contribution is 2.10. The lowest BCUT2D eigenvalue weighted by Crippen LogP contribution is -2.26. The van der Waals surface area contributed by atoms with E-state index in [1.807, 2.05) is 19.2 Å². The quantitative estimate of drug-likeness (QED) is 0.763. The third-order valence-electron chi connectivity index (χ3n) is 1.58. The van der Waals surface area contributed by atoms with Crippen LogP contribution in [0.15, 0.2) is 12.1 Å². The van der Waals surface area contributed by atoms with Crippen LogP contribution in [0.5, 0.6) is 0 Å². The number of hydrogen-bond acceptors (Lipinski definition) is 4. The van der Waals surface area contributed by atoms with Gasteiger partial charge in [-0.25, -0.2) is 0 Å². The predicted molar refractivity (Wildman–Crippen MR) is 58.2 cm³/mol. The Labute approximate surface area is 85.1 Å². The van der Waals surface area contributed by atoms with E-state index >= 15 is 0 Å². The van der Waals surface area contributed by atoms with Gasteiger partial charge < -0.3 is 10.6 Å². The Morgan fingerprint density at radius 3 is 2.36 bits per heavy atom. The van der Waals surface area contributed by atoms with E-state index in [0.29, 0.717) is 0 Å². The van der Waals surface area contributed by atoms with Crippen LogP contribution in [0.25, 0.3) is 0 Å². The Hall–Kier alpha value is -1.16. The molecule has 1 aromatic rings. The van der Waals surface area contributed by atoms with Crippen LogP contribution >= 0.6 is 0 Å². The Bertz CT molecular complexity index is 273. The van der Waals surface area contributed by atoms with Crippen LogP contribution in [0.4, 0.5) is 5.82 Å². The molecule has 0 aliphatic rings. The Kier molecular flexibility index (Phi) is 3.41. The fourth-order valence-corrected chi connectivity index (χ4v) is 1.09. The number of nitrogens with zero attached hydrogens (tertiary/aromatic N) is 2. The van der Waals surface area contributed by atoms with E-state index in [1.165, 1.54) is 0 Å². The topological polar surface area (TPSA) is 49.8 Å². The van der Waals surface area contributed by atoms with E-state index in [1.54, 1.807) is 0 Å². The maximum Gasteiger partial charge on any atom is 0.149 e. The Morgan fingerprint density at radius 2 is 1.93 bits per heavy atom. The summed E-state index contributed by atoms with van der Waals surface area (Å²) in [5.74, 6) is 0.817. The van der Waals surface area contributed by atoms with E-state index < -0.39 is 0 Å². The summed E-state index contributed by atoms with van der Waals surface area (Å²) in [6.07, 6.45) is 0. The summed E-state index contributed by atoms with van der Waals surface area (Å²) in [4.78, 5) is 0. The zero-order valence-corrected chi connectivity index (χ0v) is 9.26. The van der Waals surface area contributed by atoms with Crippen molar-refractivity contribution in [3.8, 4) is 0 Å². The first-order chi connectivity index (χ1) is 6.51. The van der Waals surface area contributed by atoms with Gasteiger partial charge in [-0.3, -0.25) is 0 Å². The van der Waals surface area contributed by atoms with Gasteiger partial charge in [-0.2, -0.15) is 5.10 Å². The van der Waals surface area contributed by atoms with Gasteiger partial charge in [0.1, 0.15) is 5.82 Å². The van der Waals surface area contributed by atoms with Gasteiger partial charge in [0.25, 0.3) is 0 Å². The molecule has 0 aliphatic heterocycles. The maximum absolute atomic E-state index is 4.08. The maximum atomic E-state index is 4.08. The van der Waals surface area contributed by atoms with E-state index in [-0.39, 0.29) is 5.54 Å². The molecule has 1 rings (SSSR count). The summed E-state index contributed by atoms with van der Waals surface area (Å²) in [6, 6.07) is 3.92. The van der Waals surface area contributed by atoms with Crippen LogP contribution in [0.2, 0.25) is 0 Å². The van der Waals surface area contributed by atoms with Crippen molar-refractivity contribution in [1.82, 2.24) is 15.5 Å². The first-order valence-electron chi connectivity index (χ1n) is 4.77. The molecule has 2 N–H and O–H groups in total. The lowest BCUT2D eigenvalue weighted by molar-refractivity contribution is 0.627. The Morgan fingerprint density at radius 1 is 1.21 bits per heavy atom. The first-order valence-corrected chi connectivity index (χ1v) is 4.77. The molecule has 0 atom stereocenters. The van der Waals surface area contributed by atoms with Gasteiger partial charge in [-0.05, 0) is 40.0 Å². The van der Waals surface area contributed by atoms with Crippen molar-refractivity contribution < 1.29 is 0 Å². The number of rotatable bonds is 3. The van der Waals surface area contributed by atoms with Crippen LogP contribution in [0, 0.1) is 0 Å². The summed E-state index contributed by atoms with van der Waals surface area (Å²) < 4.78 is 0. The molecule has 0 radical (unpaired) electrons. The van der Waals surface area contributed by atoms with E-state index in [9.17, 15) is 0 Å². The van der Waals surface area contributed by atoms with Gasteiger partial charge in [0.2, 0.25) is 0 Å². The van der Waals surface area contributed by atoms with Crippen molar-refractivity contribution in [3.05, 3.63) is 17.8 Å². The number of hydrogen-bond donors (Lipinski definition) is 2. The fourth-order valence-electron chi connectivity index (χ4n) is 1.09. The number of aromatic nitrogens is 2. The molecule has 0 spiro atoms. The molecule has 0 aromatic carbocycles. The molecule has 4 nitrogen and oxygen atoms in total. The normalized spacial score (nSPS) is 11.4. The summed E-state index contributed by atoms with van der Waals surface area (Å²) in [7, 11) is 1.89. The lowest BCUT2D eigenvalue weighted by atomic mass is 10.1. The molecule has 0 saturated carbocycles. The summed E-state index contributed by atoms with van der Waals surface area (Å²) in [5, 5.41) is 14.4. The second kappa shape index (κ2) is 4.37. The average molecular weight is 194 g/mol. The molecule has 0 amide bonds. The lowest BCUT2D eigenvalue weighted by Gasteiger charge is -2.20. The summed E-state index contributed by atoms with van der Waals surface area (Å²) in [5.41, 5.74) is 0.978. The van der Waals surface area contributed by atoms with Crippen molar-refractivity contribution in [2.75, 3.05) is 12.4 Å². The smallest absolute Gasteiger partial charge is 0.149 e. The monoisotopic (exact) mass is 194 g/mol. The zero-order chi connectivity index (χ0) is 10.6. The van der Waals surface area contributed by atoms with Crippen molar-refractivity contribution in [3.63, 3.8) is 0 Å². The highest BCUT2D eigenvalue weighted by Gasteiger charge is 2.09. The first kappa shape index (κ1) is 10.9. The highest BCUT2D eigenvalue weighted by molar-refractivity contribution is 5.35. The molecule has 0 unspecified atom stereocenters. The average Bonchev–Trinajstić information content (AvgIpc) is 2.06. The van der Waals surface area contributed by atoms with Gasteiger partial charge in [0.15, 0.2) is 0 Å². The minimum Gasteiger partial charge on any atom is -0.364 e. The standard InChI is InChI=1S/C10H18N4/c1-10(2,3)12-9-6-5-8(7-11-4)13-14-9/h5-6,11H,7H2,1-4H3,(H,12,14). The molecule has 1 aromatic heterocycles. The van der Waals surface area contributed by atoms with Gasteiger partial charge in [0.05, 0.1) is 5.69 Å². The molecule has 0 aliphatic carbocycles. The van der Waals surface area contributed by atoms with Crippen molar-refractivity contribution in [2.24, 2.45) is 0 Å². The molecule has 78 valence electrons. The minimum absolute atomic E-state index is 0.0270. The molecule has 1 heterocycles. The molecule has 14 heavy (non-hydrogen) atoms. The van der Waals surface area contributed by atoms with E-state index in [2.05, 4.69) is 41.6 Å². The molecular weight excluding hydrogens is 176 g/mol. The van der Waals surface area contributed by atoms with Crippen molar-refractivity contribution in [1.29, 1.82) is 0 Å². The largest absolute Gasteiger partial charge is 0.364 e. The fraction of sp³-hybridized carbons (Fsp3) is 0.600. The van der Waals surface area contributed by atoms with Crippen molar-refractivity contribution >= 4 is 5.82 Å². The van der Waals surface area contributed by atoms with Gasteiger partial charge in [0, 0.05) is 12.1 Å². The molecule has 0 saturated heterocycles. The van der Waals surface area contributed by atoms with Gasteiger partial charge in [-0.15, -0.1) is 5.10 Å². The number of anilines is 1. The Balaban J connectivity index is 2.64. The third kappa shape index (κ3) is 3.70.